The first-order valence-corrected chi connectivity index (χ1v) is 10.5. The first-order chi connectivity index (χ1) is 12.5. The van der Waals surface area contributed by atoms with Crippen LogP contribution >= 0.6 is 11.6 Å². The normalized spacial score (nSPS) is 13.0. The Labute approximate surface area is 166 Å². The van der Waals surface area contributed by atoms with Crippen molar-refractivity contribution in [3.8, 4) is 0 Å². The highest BCUT2D eigenvalue weighted by Crippen LogP contribution is 2.24. The lowest BCUT2D eigenvalue weighted by Crippen LogP contribution is -2.33. The summed E-state index contributed by atoms with van der Waals surface area (Å²) in [5.74, 6) is -0.419. The van der Waals surface area contributed by atoms with Crippen molar-refractivity contribution in [1.29, 1.82) is 0 Å². The molecule has 0 aliphatic carbocycles. The smallest absolute Gasteiger partial charge is 0.253 e. The minimum atomic E-state index is -3.70. The molecule has 0 saturated carbocycles. The fraction of sp³-hybridized carbons (Fsp3) is 0.350. The van der Waals surface area contributed by atoms with E-state index in [9.17, 15) is 13.2 Å². The molecule has 0 heterocycles. The lowest BCUT2D eigenvalue weighted by atomic mass is 10.1. The quantitative estimate of drug-likeness (QED) is 0.780. The Balaban J connectivity index is 2.30. The molecule has 0 radical (unpaired) electrons. The van der Waals surface area contributed by atoms with Gasteiger partial charge in [-0.15, -0.1) is 0 Å². The standard InChI is InChI=1S/C20H25ClN2O3S/c1-13(2)23(5)27(25,26)17-10-11-19(21)18(12-17)20(24)22-15(4)16-8-6-14(3)7-9-16/h6-13,15H,1-5H3,(H,22,24). The minimum absolute atomic E-state index is 0.0382. The maximum atomic E-state index is 12.7. The Morgan fingerprint density at radius 2 is 1.67 bits per heavy atom. The predicted molar refractivity (Wildman–Crippen MR) is 109 cm³/mol. The van der Waals surface area contributed by atoms with E-state index < -0.39 is 15.9 Å². The van der Waals surface area contributed by atoms with Gasteiger partial charge in [0.25, 0.3) is 5.91 Å². The number of hydrogen-bond acceptors (Lipinski definition) is 3. The van der Waals surface area contributed by atoms with Gasteiger partial charge in [0.2, 0.25) is 10.0 Å². The number of benzene rings is 2. The molecule has 1 N–H and O–H groups in total. The third-order valence-corrected chi connectivity index (χ3v) is 6.87. The van der Waals surface area contributed by atoms with Crippen LogP contribution < -0.4 is 5.32 Å². The van der Waals surface area contributed by atoms with E-state index in [2.05, 4.69) is 5.32 Å². The van der Waals surface area contributed by atoms with Crippen molar-refractivity contribution in [2.75, 3.05) is 7.05 Å². The fourth-order valence-electron chi connectivity index (χ4n) is 2.50. The van der Waals surface area contributed by atoms with E-state index in [-0.39, 0.29) is 27.6 Å². The molecule has 1 atom stereocenters. The van der Waals surface area contributed by atoms with Crippen molar-refractivity contribution >= 4 is 27.5 Å². The Bertz CT molecular complexity index is 925. The zero-order chi connectivity index (χ0) is 20.4. The van der Waals surface area contributed by atoms with Gasteiger partial charge in [-0.25, -0.2) is 8.42 Å². The van der Waals surface area contributed by atoms with Gasteiger partial charge in [-0.05, 0) is 51.5 Å². The van der Waals surface area contributed by atoms with Gasteiger partial charge in [0.05, 0.1) is 21.5 Å². The third-order valence-electron chi connectivity index (χ3n) is 4.51. The second-order valence-corrected chi connectivity index (χ2v) is 9.27. The van der Waals surface area contributed by atoms with Crippen LogP contribution in [0, 0.1) is 6.92 Å². The predicted octanol–water partition coefficient (Wildman–Crippen LogP) is 4.17. The van der Waals surface area contributed by atoms with Crippen molar-refractivity contribution in [2.45, 2.75) is 44.7 Å². The molecule has 7 heteroatoms. The van der Waals surface area contributed by atoms with Crippen LogP contribution in [-0.4, -0.2) is 31.7 Å². The van der Waals surface area contributed by atoms with Crippen LogP contribution in [0.4, 0.5) is 0 Å². The summed E-state index contributed by atoms with van der Waals surface area (Å²) >= 11 is 6.16. The van der Waals surface area contributed by atoms with Gasteiger partial charge in [-0.3, -0.25) is 4.79 Å². The number of nitrogens with one attached hydrogen (secondary N) is 1. The Kier molecular flexibility index (Phi) is 6.68. The second kappa shape index (κ2) is 8.42. The molecule has 5 nitrogen and oxygen atoms in total. The molecule has 0 bridgehead atoms. The largest absolute Gasteiger partial charge is 0.345 e. The van der Waals surface area contributed by atoms with Gasteiger partial charge in [0.15, 0.2) is 0 Å². The van der Waals surface area contributed by atoms with Crippen molar-refractivity contribution in [3.05, 3.63) is 64.2 Å². The Morgan fingerprint density at radius 3 is 2.22 bits per heavy atom. The fourth-order valence-corrected chi connectivity index (χ4v) is 4.09. The number of amides is 1. The molecule has 2 aromatic rings. The molecule has 27 heavy (non-hydrogen) atoms. The van der Waals surface area contributed by atoms with Crippen molar-refractivity contribution in [2.24, 2.45) is 0 Å². The lowest BCUT2D eigenvalue weighted by molar-refractivity contribution is 0.0940. The van der Waals surface area contributed by atoms with E-state index in [0.717, 1.165) is 11.1 Å². The van der Waals surface area contributed by atoms with Gasteiger partial charge in [0, 0.05) is 13.1 Å². The molecule has 0 aliphatic rings. The van der Waals surface area contributed by atoms with Gasteiger partial charge in [0.1, 0.15) is 0 Å². The van der Waals surface area contributed by atoms with Gasteiger partial charge >= 0.3 is 0 Å². The molecule has 1 amide bonds. The number of halogens is 1. The van der Waals surface area contributed by atoms with Gasteiger partial charge in [-0.2, -0.15) is 4.31 Å². The average Bonchev–Trinajstić information content (AvgIpc) is 2.61. The van der Waals surface area contributed by atoms with Crippen LogP contribution in [0.2, 0.25) is 5.02 Å². The number of nitrogens with zero attached hydrogens (tertiary/aromatic N) is 1. The zero-order valence-electron chi connectivity index (χ0n) is 16.2. The molecule has 0 saturated heterocycles. The molecular formula is C20H25ClN2O3S. The van der Waals surface area contributed by atoms with Crippen molar-refractivity contribution < 1.29 is 13.2 Å². The number of carbonyl (C=O) groups excluding carboxylic acids is 1. The highest BCUT2D eigenvalue weighted by atomic mass is 35.5. The van der Waals surface area contributed by atoms with Gasteiger partial charge < -0.3 is 5.32 Å². The van der Waals surface area contributed by atoms with Crippen LogP contribution in [0.25, 0.3) is 0 Å². The molecule has 0 aliphatic heterocycles. The number of carbonyl (C=O) groups is 1. The highest BCUT2D eigenvalue weighted by molar-refractivity contribution is 7.89. The Hall–Kier alpha value is -1.89. The van der Waals surface area contributed by atoms with E-state index in [4.69, 9.17) is 11.6 Å². The van der Waals surface area contributed by atoms with Gasteiger partial charge in [-0.1, -0.05) is 41.4 Å². The summed E-state index contributed by atoms with van der Waals surface area (Å²) in [5, 5.41) is 3.08. The summed E-state index contributed by atoms with van der Waals surface area (Å²) in [5.41, 5.74) is 2.22. The first kappa shape index (κ1) is 21.4. The summed E-state index contributed by atoms with van der Waals surface area (Å²) in [6.45, 7) is 7.42. The molecular weight excluding hydrogens is 384 g/mol. The topological polar surface area (TPSA) is 66.5 Å². The van der Waals surface area contributed by atoms with E-state index in [0.29, 0.717) is 0 Å². The second-order valence-electron chi connectivity index (χ2n) is 6.86. The number of rotatable bonds is 6. The monoisotopic (exact) mass is 408 g/mol. The van der Waals surface area contributed by atoms with Crippen LogP contribution in [0.5, 0.6) is 0 Å². The van der Waals surface area contributed by atoms with Crippen LogP contribution in [0.1, 0.15) is 48.3 Å². The molecule has 0 fully saturated rings. The number of sulfonamides is 1. The molecule has 1 unspecified atom stereocenters. The molecule has 146 valence electrons. The molecule has 0 spiro atoms. The maximum Gasteiger partial charge on any atom is 0.253 e. The van der Waals surface area contributed by atoms with Crippen LogP contribution in [0.15, 0.2) is 47.4 Å². The summed E-state index contributed by atoms with van der Waals surface area (Å²) in [7, 11) is -2.19. The summed E-state index contributed by atoms with van der Waals surface area (Å²) < 4.78 is 26.6. The maximum absolute atomic E-state index is 12.7. The van der Waals surface area contributed by atoms with E-state index in [1.54, 1.807) is 13.8 Å². The van der Waals surface area contributed by atoms with Crippen LogP contribution in [0.3, 0.4) is 0 Å². The summed E-state index contributed by atoms with van der Waals surface area (Å²) in [6, 6.07) is 11.6. The Morgan fingerprint density at radius 1 is 1.07 bits per heavy atom. The molecule has 0 aromatic heterocycles. The van der Waals surface area contributed by atoms with E-state index in [1.165, 1.54) is 29.6 Å². The van der Waals surface area contributed by atoms with E-state index in [1.807, 2.05) is 38.1 Å². The average molecular weight is 409 g/mol. The third kappa shape index (κ3) is 4.89. The summed E-state index contributed by atoms with van der Waals surface area (Å²) in [4.78, 5) is 12.7. The van der Waals surface area contributed by atoms with Crippen molar-refractivity contribution in [1.82, 2.24) is 9.62 Å². The van der Waals surface area contributed by atoms with E-state index >= 15 is 0 Å². The minimum Gasteiger partial charge on any atom is -0.345 e. The first-order valence-electron chi connectivity index (χ1n) is 8.69. The zero-order valence-corrected chi connectivity index (χ0v) is 17.7. The summed E-state index contributed by atoms with van der Waals surface area (Å²) in [6.07, 6.45) is 0. The lowest BCUT2D eigenvalue weighted by Gasteiger charge is -2.21. The highest BCUT2D eigenvalue weighted by Gasteiger charge is 2.25. The van der Waals surface area contributed by atoms with Crippen LogP contribution in [-0.2, 0) is 10.0 Å². The molecule has 2 aromatic carbocycles. The molecule has 2 rings (SSSR count). The number of hydrogen-bond donors (Lipinski definition) is 1. The number of aryl methyl sites for hydroxylation is 1. The SMILES string of the molecule is Cc1ccc(C(C)NC(=O)c2cc(S(=O)(=O)N(C)C(C)C)ccc2Cl)cc1. The van der Waals surface area contributed by atoms with Crippen molar-refractivity contribution in [3.63, 3.8) is 0 Å².